The van der Waals surface area contributed by atoms with Gasteiger partial charge in [-0.2, -0.15) is 0 Å². The molecule has 474 valence electrons. The van der Waals surface area contributed by atoms with Gasteiger partial charge in [0, 0.05) is 12.8 Å². The Hall–Kier alpha value is -2.29. The predicted octanol–water partition coefficient (Wildman–Crippen LogP) is 21.2. The van der Waals surface area contributed by atoms with Crippen molar-refractivity contribution in [1.29, 1.82) is 0 Å². The highest BCUT2D eigenvalue weighted by atomic mass is 31.2. The molecule has 0 aromatic rings. The maximum absolute atomic E-state index is 13.6. The Morgan fingerprint density at radius 2 is 0.753 bits per heavy atom. The fourth-order valence-electron chi connectivity index (χ4n) is 10.1. The van der Waals surface area contributed by atoms with E-state index in [2.05, 4.69) is 74.7 Å². The lowest BCUT2D eigenvalue weighted by atomic mass is 10.0. The van der Waals surface area contributed by atoms with Gasteiger partial charge in [0.25, 0.3) is 7.82 Å². The number of nitrogens with zero attached hydrogens (tertiary/aromatic N) is 1. The van der Waals surface area contributed by atoms with Gasteiger partial charge >= 0.3 is 5.97 Å². The minimum Gasteiger partial charge on any atom is -0.756 e. The summed E-state index contributed by atoms with van der Waals surface area (Å²) in [5.74, 6) is -0.555. The van der Waals surface area contributed by atoms with E-state index in [4.69, 9.17) is 13.8 Å². The smallest absolute Gasteiger partial charge is 0.306 e. The Morgan fingerprint density at radius 1 is 0.432 bits per heavy atom. The largest absolute Gasteiger partial charge is 0.756 e. The standard InChI is InChI=1S/C71H133N2O7P/c1-7-10-13-16-19-22-25-28-30-32-33-34-35-36-37-38-39-41-43-46-49-52-55-58-61-64-71(75)80-69(62-59-56-53-50-47-44-27-24-21-18-15-12-9-3)68(67-79-81(76,77)78-66-65-73(4,5)6)72-70(74)63-60-57-54-51-48-45-42-40-31-29-26-23-20-17-14-11-8-2/h20,23,28-31,42,45,59,62,68-69H,7-19,21-22,24-27,32-41,43-44,46-58,60-61,63-67H2,1-6H3,(H-,72,74,76,77)/b23-20-,30-28+,31-29-,45-42-,62-59-. The second kappa shape index (κ2) is 60.8. The molecule has 3 atom stereocenters. The molecule has 0 aliphatic rings. The minimum atomic E-state index is -4.71. The van der Waals surface area contributed by atoms with Gasteiger partial charge in [-0.05, 0) is 96.0 Å². The van der Waals surface area contributed by atoms with Crippen LogP contribution in [0.3, 0.4) is 0 Å². The third-order valence-corrected chi connectivity index (χ3v) is 16.4. The van der Waals surface area contributed by atoms with Gasteiger partial charge in [0.2, 0.25) is 5.91 Å². The maximum Gasteiger partial charge on any atom is 0.306 e. The number of rotatable bonds is 63. The number of amides is 1. The molecule has 0 saturated heterocycles. The molecule has 0 spiro atoms. The van der Waals surface area contributed by atoms with E-state index in [1.54, 1.807) is 0 Å². The number of quaternary nitrogens is 1. The van der Waals surface area contributed by atoms with E-state index in [0.29, 0.717) is 23.9 Å². The number of allylic oxidation sites excluding steroid dienone is 9. The first kappa shape index (κ1) is 78.7. The third-order valence-electron chi connectivity index (χ3n) is 15.4. The molecule has 0 aromatic carbocycles. The fourth-order valence-corrected chi connectivity index (χ4v) is 10.8. The normalized spacial score (nSPS) is 13.9. The van der Waals surface area contributed by atoms with Gasteiger partial charge in [-0.15, -0.1) is 0 Å². The topological polar surface area (TPSA) is 114 Å². The van der Waals surface area contributed by atoms with Crippen LogP contribution in [0.1, 0.15) is 329 Å². The summed E-state index contributed by atoms with van der Waals surface area (Å²) in [6.45, 7) is 6.83. The quantitative estimate of drug-likeness (QED) is 0.0212. The Bertz CT molecular complexity index is 1570. The number of nitrogens with one attached hydrogen (secondary N) is 1. The summed E-state index contributed by atoms with van der Waals surface area (Å²) in [7, 11) is 1.18. The van der Waals surface area contributed by atoms with E-state index in [1.807, 2.05) is 33.3 Å². The molecule has 0 fully saturated rings. The van der Waals surface area contributed by atoms with Crippen LogP contribution in [-0.2, 0) is 27.9 Å². The van der Waals surface area contributed by atoms with Crippen LogP contribution in [0, 0.1) is 0 Å². The molecule has 1 N–H and O–H groups in total. The minimum absolute atomic E-state index is 0.0270. The average molecular weight is 1160 g/mol. The molecular weight excluding hydrogens is 1020 g/mol. The van der Waals surface area contributed by atoms with Crippen LogP contribution in [0.25, 0.3) is 0 Å². The van der Waals surface area contributed by atoms with Crippen LogP contribution in [-0.4, -0.2) is 69.4 Å². The first-order valence-corrected chi connectivity index (χ1v) is 36.1. The van der Waals surface area contributed by atoms with E-state index in [1.165, 1.54) is 212 Å². The zero-order valence-electron chi connectivity index (χ0n) is 54.2. The molecular formula is C71H133N2O7P. The van der Waals surface area contributed by atoms with E-state index in [0.717, 1.165) is 77.0 Å². The second-order valence-corrected chi connectivity index (χ2v) is 26.1. The van der Waals surface area contributed by atoms with Crippen LogP contribution >= 0.6 is 7.82 Å². The summed E-state index contributed by atoms with van der Waals surface area (Å²) in [6, 6.07) is -0.901. The Kier molecular flexibility index (Phi) is 59.1. The molecule has 10 heteroatoms. The van der Waals surface area contributed by atoms with Gasteiger partial charge in [0.15, 0.2) is 0 Å². The highest BCUT2D eigenvalue weighted by Crippen LogP contribution is 2.38. The van der Waals surface area contributed by atoms with Crippen molar-refractivity contribution in [3.63, 3.8) is 0 Å². The van der Waals surface area contributed by atoms with Crippen LogP contribution in [0.2, 0.25) is 0 Å². The van der Waals surface area contributed by atoms with Gasteiger partial charge in [-0.3, -0.25) is 14.2 Å². The Labute approximate surface area is 502 Å². The number of hydrogen-bond donors (Lipinski definition) is 1. The first-order valence-electron chi connectivity index (χ1n) is 34.6. The van der Waals surface area contributed by atoms with Crippen molar-refractivity contribution in [3.05, 3.63) is 60.8 Å². The maximum atomic E-state index is 13.6. The second-order valence-electron chi connectivity index (χ2n) is 24.7. The lowest BCUT2D eigenvalue weighted by Crippen LogP contribution is -2.47. The van der Waals surface area contributed by atoms with Crippen molar-refractivity contribution in [2.45, 2.75) is 341 Å². The zero-order chi connectivity index (χ0) is 59.3. The number of carbonyl (C=O) groups excluding carboxylic acids is 2. The molecule has 9 nitrogen and oxygen atoms in total. The first-order chi connectivity index (χ1) is 39.4. The molecule has 3 unspecified atom stereocenters. The van der Waals surface area contributed by atoms with Gasteiger partial charge in [0.1, 0.15) is 19.3 Å². The van der Waals surface area contributed by atoms with E-state index >= 15 is 0 Å². The molecule has 0 aromatic heterocycles. The number of phosphoric ester groups is 1. The molecule has 0 aliphatic heterocycles. The number of hydrogen-bond acceptors (Lipinski definition) is 7. The van der Waals surface area contributed by atoms with Gasteiger partial charge < -0.3 is 28.5 Å². The van der Waals surface area contributed by atoms with Gasteiger partial charge in [0.05, 0.1) is 33.8 Å². The van der Waals surface area contributed by atoms with Crippen molar-refractivity contribution in [3.8, 4) is 0 Å². The molecule has 1 amide bonds. The molecule has 0 aliphatic carbocycles. The van der Waals surface area contributed by atoms with Crippen LogP contribution in [0.4, 0.5) is 0 Å². The van der Waals surface area contributed by atoms with Gasteiger partial charge in [-0.25, -0.2) is 0 Å². The number of phosphoric acid groups is 1. The summed E-state index contributed by atoms with van der Waals surface area (Å²) >= 11 is 0. The Balaban J connectivity index is 5.12. The molecule has 0 heterocycles. The number of esters is 1. The lowest BCUT2D eigenvalue weighted by molar-refractivity contribution is -0.870. The van der Waals surface area contributed by atoms with Gasteiger partial charge in [-0.1, -0.05) is 281 Å². The summed E-state index contributed by atoms with van der Waals surface area (Å²) < 4.78 is 30.4. The third kappa shape index (κ3) is 62.1. The van der Waals surface area contributed by atoms with Crippen LogP contribution in [0.5, 0.6) is 0 Å². The van der Waals surface area contributed by atoms with E-state index < -0.39 is 26.6 Å². The average Bonchev–Trinajstić information content (AvgIpc) is 3.44. The summed E-state index contributed by atoms with van der Waals surface area (Å²) in [6.07, 6.45) is 77.7. The molecule has 0 bridgehead atoms. The predicted molar refractivity (Wildman–Crippen MR) is 349 cm³/mol. The Morgan fingerprint density at radius 3 is 1.16 bits per heavy atom. The van der Waals surface area contributed by atoms with Crippen LogP contribution < -0.4 is 10.2 Å². The number of likely N-dealkylation sites (N-methyl/N-ethyl adjacent to an activating group) is 1. The van der Waals surface area contributed by atoms with E-state index in [9.17, 15) is 19.0 Å². The summed E-state index contributed by atoms with van der Waals surface area (Å²) in [5, 5.41) is 3.03. The number of ether oxygens (including phenoxy) is 1. The molecule has 0 radical (unpaired) electrons. The molecule has 0 saturated carbocycles. The van der Waals surface area contributed by atoms with Crippen molar-refractivity contribution in [2.24, 2.45) is 0 Å². The van der Waals surface area contributed by atoms with Crippen molar-refractivity contribution in [1.82, 2.24) is 5.32 Å². The monoisotopic (exact) mass is 1160 g/mol. The molecule has 81 heavy (non-hydrogen) atoms. The van der Waals surface area contributed by atoms with Crippen molar-refractivity contribution < 1.29 is 37.3 Å². The SMILES string of the molecule is CCCCC/C=C\C/C=C\C/C=C\CCCCCCC(=O)NC(COP(=O)([O-])OCC[N+](C)(C)C)C(/C=C\CCCCCCCCCCCCC)OC(=O)CCCCCCCCCCCCCCCCC/C=C/CCCCCCCC. The molecule has 0 rings (SSSR count). The van der Waals surface area contributed by atoms with Crippen molar-refractivity contribution in [2.75, 3.05) is 40.9 Å². The van der Waals surface area contributed by atoms with Crippen LogP contribution in [0.15, 0.2) is 60.8 Å². The summed E-state index contributed by atoms with van der Waals surface area (Å²) in [4.78, 5) is 40.1. The number of carbonyl (C=O) groups is 2. The number of unbranched alkanes of at least 4 members (excludes halogenated alkanes) is 39. The zero-order valence-corrected chi connectivity index (χ0v) is 55.1. The van der Waals surface area contributed by atoms with E-state index in [-0.39, 0.29) is 24.9 Å². The summed E-state index contributed by atoms with van der Waals surface area (Å²) in [5.41, 5.74) is 0. The lowest BCUT2D eigenvalue weighted by Gasteiger charge is -2.30. The highest BCUT2D eigenvalue weighted by molar-refractivity contribution is 7.45. The van der Waals surface area contributed by atoms with Crippen molar-refractivity contribution >= 4 is 19.7 Å². The fraction of sp³-hybridized carbons (Fsp3) is 0.831. The highest BCUT2D eigenvalue weighted by Gasteiger charge is 2.27.